The van der Waals surface area contributed by atoms with Crippen molar-refractivity contribution in [3.8, 4) is 21.6 Å². The summed E-state index contributed by atoms with van der Waals surface area (Å²) < 4.78 is 0. The van der Waals surface area contributed by atoms with E-state index in [1.165, 1.54) is 43.8 Å². The Kier molecular flexibility index (Phi) is 2.26. The highest BCUT2D eigenvalue weighted by Crippen LogP contribution is 2.63. The van der Waals surface area contributed by atoms with Crippen LogP contribution in [-0.2, 0) is 5.41 Å². The second-order valence-electron chi connectivity index (χ2n) is 6.55. The van der Waals surface area contributed by atoms with Crippen molar-refractivity contribution in [3.05, 3.63) is 106 Å². The van der Waals surface area contributed by atoms with Gasteiger partial charge >= 0.3 is 0 Å². The van der Waals surface area contributed by atoms with Crippen molar-refractivity contribution in [2.24, 2.45) is 0 Å². The van der Waals surface area contributed by atoms with Crippen molar-refractivity contribution in [1.82, 2.24) is 0 Å². The summed E-state index contributed by atoms with van der Waals surface area (Å²) >= 11 is 1.86. The third kappa shape index (κ3) is 1.25. The lowest BCUT2D eigenvalue weighted by Crippen LogP contribution is -2.25. The standard InChI is InChI=1S/C23H14S/c1-4-10-18-15(7-1)16-8-2-5-11-19(16)23(18)20-12-6-3-9-17(20)22-21(23)13-14-24-22/h1-14H. The Morgan fingerprint density at radius 2 is 1.00 bits per heavy atom. The molecule has 0 radical (unpaired) electrons. The van der Waals surface area contributed by atoms with Crippen molar-refractivity contribution in [3.63, 3.8) is 0 Å². The molecular weight excluding hydrogens is 308 g/mol. The summed E-state index contributed by atoms with van der Waals surface area (Å²) in [5.41, 5.74) is 9.75. The van der Waals surface area contributed by atoms with Crippen molar-refractivity contribution in [2.75, 3.05) is 0 Å². The van der Waals surface area contributed by atoms with E-state index in [2.05, 4.69) is 84.2 Å². The van der Waals surface area contributed by atoms with E-state index in [0.717, 1.165) is 0 Å². The third-order valence-corrected chi connectivity index (χ3v) is 6.54. The maximum atomic E-state index is 2.33. The predicted molar refractivity (Wildman–Crippen MR) is 101 cm³/mol. The number of thiophene rings is 1. The predicted octanol–water partition coefficient (Wildman–Crippen LogP) is 6.09. The summed E-state index contributed by atoms with van der Waals surface area (Å²) in [5.74, 6) is 0. The fourth-order valence-corrected chi connectivity index (χ4v) is 5.78. The van der Waals surface area contributed by atoms with Crippen LogP contribution in [-0.4, -0.2) is 0 Å². The van der Waals surface area contributed by atoms with Gasteiger partial charge in [-0.1, -0.05) is 72.8 Å². The SMILES string of the molecule is c1ccc2c(c1)-c1ccccc1C21c2ccccc2-c2sccc21. The fraction of sp³-hybridized carbons (Fsp3) is 0.0435. The summed E-state index contributed by atoms with van der Waals surface area (Å²) in [4.78, 5) is 1.43. The Morgan fingerprint density at radius 3 is 1.62 bits per heavy atom. The summed E-state index contributed by atoms with van der Waals surface area (Å²) in [6.07, 6.45) is 0. The van der Waals surface area contributed by atoms with Gasteiger partial charge in [0.15, 0.2) is 0 Å². The minimum atomic E-state index is -0.140. The van der Waals surface area contributed by atoms with E-state index in [-0.39, 0.29) is 5.41 Å². The van der Waals surface area contributed by atoms with Gasteiger partial charge in [0.05, 0.1) is 5.41 Å². The van der Waals surface area contributed by atoms with Gasteiger partial charge in [-0.05, 0) is 50.4 Å². The topological polar surface area (TPSA) is 0 Å². The van der Waals surface area contributed by atoms with E-state index in [1.807, 2.05) is 11.3 Å². The van der Waals surface area contributed by atoms with Gasteiger partial charge in [-0.15, -0.1) is 11.3 Å². The second-order valence-corrected chi connectivity index (χ2v) is 7.47. The monoisotopic (exact) mass is 322 g/mol. The number of rotatable bonds is 0. The van der Waals surface area contributed by atoms with E-state index in [1.54, 1.807) is 0 Å². The van der Waals surface area contributed by atoms with Crippen LogP contribution in [0.15, 0.2) is 84.2 Å². The molecule has 0 atom stereocenters. The first-order valence-electron chi connectivity index (χ1n) is 8.29. The van der Waals surface area contributed by atoms with E-state index >= 15 is 0 Å². The highest BCUT2D eigenvalue weighted by molar-refractivity contribution is 7.14. The lowest BCUT2D eigenvalue weighted by Gasteiger charge is -2.29. The van der Waals surface area contributed by atoms with Crippen LogP contribution in [0.25, 0.3) is 21.6 Å². The molecule has 1 aromatic heterocycles. The second kappa shape index (κ2) is 4.25. The molecule has 1 heterocycles. The summed E-state index contributed by atoms with van der Waals surface area (Å²) in [6.45, 7) is 0. The lowest BCUT2D eigenvalue weighted by atomic mass is 9.71. The molecule has 0 aliphatic heterocycles. The fourth-order valence-electron chi connectivity index (χ4n) is 4.78. The summed E-state index contributed by atoms with van der Waals surface area (Å²) in [7, 11) is 0. The van der Waals surface area contributed by atoms with Gasteiger partial charge in [-0.3, -0.25) is 0 Å². The Labute approximate surface area is 145 Å². The molecule has 0 saturated carbocycles. The maximum Gasteiger partial charge on any atom is 0.0733 e. The number of benzene rings is 3. The molecule has 0 N–H and O–H groups in total. The van der Waals surface area contributed by atoms with Crippen LogP contribution >= 0.6 is 11.3 Å². The lowest BCUT2D eigenvalue weighted by molar-refractivity contribution is 0.796. The molecule has 0 unspecified atom stereocenters. The molecule has 2 aliphatic rings. The van der Waals surface area contributed by atoms with Gasteiger partial charge < -0.3 is 0 Å². The number of hydrogen-bond donors (Lipinski definition) is 0. The zero-order chi connectivity index (χ0) is 15.7. The van der Waals surface area contributed by atoms with Crippen molar-refractivity contribution >= 4 is 11.3 Å². The molecule has 4 aromatic rings. The molecule has 3 aromatic carbocycles. The Bertz CT molecular complexity index is 1070. The van der Waals surface area contributed by atoms with Crippen LogP contribution in [0.3, 0.4) is 0 Å². The molecule has 2 aliphatic carbocycles. The average molecular weight is 322 g/mol. The van der Waals surface area contributed by atoms with Gasteiger partial charge in [0.2, 0.25) is 0 Å². The minimum Gasteiger partial charge on any atom is -0.143 e. The van der Waals surface area contributed by atoms with Gasteiger partial charge in [-0.2, -0.15) is 0 Å². The van der Waals surface area contributed by atoms with Crippen LogP contribution in [0, 0.1) is 0 Å². The first kappa shape index (κ1) is 12.7. The van der Waals surface area contributed by atoms with Gasteiger partial charge in [0.25, 0.3) is 0 Å². The molecule has 0 bridgehead atoms. The molecule has 112 valence electrons. The zero-order valence-corrected chi connectivity index (χ0v) is 13.8. The smallest absolute Gasteiger partial charge is 0.0733 e. The molecular formula is C23H14S. The normalized spacial score (nSPS) is 15.0. The number of fused-ring (bicyclic) bond motifs is 10. The molecule has 0 fully saturated rings. The van der Waals surface area contributed by atoms with Gasteiger partial charge in [0.1, 0.15) is 0 Å². The molecule has 0 amide bonds. The molecule has 0 nitrogen and oxygen atoms in total. The average Bonchev–Trinajstić information content (AvgIpc) is 3.30. The highest BCUT2D eigenvalue weighted by Gasteiger charge is 2.51. The van der Waals surface area contributed by atoms with E-state index in [4.69, 9.17) is 0 Å². The molecule has 24 heavy (non-hydrogen) atoms. The van der Waals surface area contributed by atoms with Crippen LogP contribution in [0.2, 0.25) is 0 Å². The zero-order valence-electron chi connectivity index (χ0n) is 13.0. The highest BCUT2D eigenvalue weighted by atomic mass is 32.1. The van der Waals surface area contributed by atoms with Crippen LogP contribution < -0.4 is 0 Å². The largest absolute Gasteiger partial charge is 0.143 e. The van der Waals surface area contributed by atoms with Gasteiger partial charge in [0, 0.05) is 4.88 Å². The maximum absolute atomic E-state index is 2.33. The Balaban J connectivity index is 1.89. The summed E-state index contributed by atoms with van der Waals surface area (Å²) in [6, 6.07) is 29.1. The van der Waals surface area contributed by atoms with Gasteiger partial charge in [-0.25, -0.2) is 0 Å². The van der Waals surface area contributed by atoms with Crippen molar-refractivity contribution in [2.45, 2.75) is 5.41 Å². The molecule has 1 spiro atoms. The van der Waals surface area contributed by atoms with Crippen LogP contribution in [0.5, 0.6) is 0 Å². The molecule has 1 heteroatoms. The minimum absolute atomic E-state index is 0.140. The van der Waals surface area contributed by atoms with Crippen LogP contribution in [0.1, 0.15) is 22.3 Å². The molecule has 6 rings (SSSR count). The Morgan fingerprint density at radius 1 is 0.500 bits per heavy atom. The number of hydrogen-bond acceptors (Lipinski definition) is 1. The first-order valence-corrected chi connectivity index (χ1v) is 9.17. The van der Waals surface area contributed by atoms with Crippen molar-refractivity contribution < 1.29 is 0 Å². The van der Waals surface area contributed by atoms with E-state index in [9.17, 15) is 0 Å². The Hall–Kier alpha value is -2.64. The third-order valence-electron chi connectivity index (χ3n) is 5.60. The molecule has 0 saturated heterocycles. The first-order chi connectivity index (χ1) is 11.9. The quantitative estimate of drug-likeness (QED) is 0.317. The van der Waals surface area contributed by atoms with E-state index in [0.29, 0.717) is 0 Å². The summed E-state index contributed by atoms with van der Waals surface area (Å²) in [5, 5.41) is 2.24. The van der Waals surface area contributed by atoms with E-state index < -0.39 is 0 Å². The van der Waals surface area contributed by atoms with Crippen molar-refractivity contribution in [1.29, 1.82) is 0 Å². The van der Waals surface area contributed by atoms with Crippen LogP contribution in [0.4, 0.5) is 0 Å².